The van der Waals surface area contributed by atoms with E-state index in [-0.39, 0.29) is 5.54 Å². The van der Waals surface area contributed by atoms with E-state index in [1.807, 2.05) is 24.3 Å². The van der Waals surface area contributed by atoms with Crippen LogP contribution in [-0.4, -0.2) is 14.9 Å². The minimum atomic E-state index is -0.0511. The standard InChI is InChI=1S/C23H23N3/c1-23(2,3)25-22-21(24-20-11-7-8-16-26(20)22)19-14-12-18(13-15-19)17-9-5-4-6-10-17/h4-16,25H,1-3H3. The first-order chi connectivity index (χ1) is 12.5. The monoisotopic (exact) mass is 341 g/mol. The van der Waals surface area contributed by atoms with Gasteiger partial charge in [-0.3, -0.25) is 4.40 Å². The first kappa shape index (κ1) is 16.4. The Morgan fingerprint density at radius 2 is 1.35 bits per heavy atom. The molecule has 130 valence electrons. The third-order valence-electron chi connectivity index (χ3n) is 4.29. The van der Waals surface area contributed by atoms with Crippen molar-refractivity contribution in [3.05, 3.63) is 79.0 Å². The van der Waals surface area contributed by atoms with Crippen molar-refractivity contribution in [3.8, 4) is 22.4 Å². The minimum Gasteiger partial charge on any atom is -0.365 e. The molecule has 0 radical (unpaired) electrons. The Morgan fingerprint density at radius 3 is 2.04 bits per heavy atom. The van der Waals surface area contributed by atoms with Crippen LogP contribution in [0.1, 0.15) is 20.8 Å². The molecule has 3 heteroatoms. The average Bonchev–Trinajstić information content (AvgIpc) is 3.00. The van der Waals surface area contributed by atoms with Crippen LogP contribution in [-0.2, 0) is 0 Å². The molecule has 2 aromatic heterocycles. The quantitative estimate of drug-likeness (QED) is 0.504. The van der Waals surface area contributed by atoms with Crippen molar-refractivity contribution in [1.82, 2.24) is 9.38 Å². The van der Waals surface area contributed by atoms with Gasteiger partial charge in [0.15, 0.2) is 0 Å². The van der Waals surface area contributed by atoms with Gasteiger partial charge >= 0.3 is 0 Å². The zero-order valence-corrected chi connectivity index (χ0v) is 15.4. The Labute approximate surface area is 154 Å². The number of aromatic nitrogens is 2. The predicted octanol–water partition coefficient (Wildman–Crippen LogP) is 5.88. The van der Waals surface area contributed by atoms with Gasteiger partial charge in [0.25, 0.3) is 0 Å². The maximum absolute atomic E-state index is 4.87. The second-order valence-electron chi connectivity index (χ2n) is 7.56. The van der Waals surface area contributed by atoms with Crippen molar-refractivity contribution >= 4 is 11.5 Å². The summed E-state index contributed by atoms with van der Waals surface area (Å²) in [6, 6.07) is 25.2. The molecule has 0 atom stereocenters. The number of nitrogens with one attached hydrogen (secondary N) is 1. The predicted molar refractivity (Wildman–Crippen MR) is 109 cm³/mol. The number of anilines is 1. The van der Waals surface area contributed by atoms with Crippen molar-refractivity contribution in [2.75, 3.05) is 5.32 Å². The van der Waals surface area contributed by atoms with E-state index in [1.165, 1.54) is 11.1 Å². The lowest BCUT2D eigenvalue weighted by atomic mass is 10.0. The molecule has 1 N–H and O–H groups in total. The highest BCUT2D eigenvalue weighted by atomic mass is 15.2. The summed E-state index contributed by atoms with van der Waals surface area (Å²) in [7, 11) is 0. The number of hydrogen-bond acceptors (Lipinski definition) is 2. The summed E-state index contributed by atoms with van der Waals surface area (Å²) in [5, 5.41) is 3.62. The van der Waals surface area contributed by atoms with Crippen LogP contribution in [0, 0.1) is 0 Å². The molecule has 0 aliphatic rings. The second kappa shape index (κ2) is 6.34. The Bertz CT molecular complexity index is 1020. The summed E-state index contributed by atoms with van der Waals surface area (Å²) in [6.45, 7) is 6.49. The third kappa shape index (κ3) is 3.21. The van der Waals surface area contributed by atoms with E-state index in [4.69, 9.17) is 4.98 Å². The molecule has 4 rings (SSSR count). The summed E-state index contributed by atoms with van der Waals surface area (Å²) in [4.78, 5) is 4.87. The molecular formula is C23H23N3. The first-order valence-corrected chi connectivity index (χ1v) is 8.92. The number of nitrogens with zero attached hydrogens (tertiary/aromatic N) is 2. The average molecular weight is 341 g/mol. The summed E-state index contributed by atoms with van der Waals surface area (Å²) < 4.78 is 2.12. The molecule has 3 nitrogen and oxygen atoms in total. The van der Waals surface area contributed by atoms with Crippen molar-refractivity contribution < 1.29 is 0 Å². The molecule has 0 fully saturated rings. The van der Waals surface area contributed by atoms with E-state index >= 15 is 0 Å². The van der Waals surface area contributed by atoms with E-state index < -0.39 is 0 Å². The number of hydrogen-bond donors (Lipinski definition) is 1. The SMILES string of the molecule is CC(C)(C)Nc1c(-c2ccc(-c3ccccc3)cc2)nc2ccccn12. The van der Waals surface area contributed by atoms with E-state index in [0.717, 1.165) is 22.7 Å². The fourth-order valence-corrected chi connectivity index (χ4v) is 3.12. The molecule has 2 aromatic carbocycles. The lowest BCUT2D eigenvalue weighted by Gasteiger charge is -2.22. The van der Waals surface area contributed by atoms with Crippen LogP contribution in [0.2, 0.25) is 0 Å². The summed E-state index contributed by atoms with van der Waals surface area (Å²) >= 11 is 0. The van der Waals surface area contributed by atoms with Gasteiger partial charge < -0.3 is 5.32 Å². The van der Waals surface area contributed by atoms with Crippen LogP contribution in [0.4, 0.5) is 5.82 Å². The molecule has 2 heterocycles. The molecule has 0 spiro atoms. The van der Waals surface area contributed by atoms with E-state index in [9.17, 15) is 0 Å². The molecule has 0 aliphatic carbocycles. The van der Waals surface area contributed by atoms with Crippen molar-refractivity contribution in [2.24, 2.45) is 0 Å². The van der Waals surface area contributed by atoms with Gasteiger partial charge in [-0.1, -0.05) is 60.7 Å². The molecule has 0 aliphatic heterocycles. The highest BCUT2D eigenvalue weighted by Crippen LogP contribution is 2.32. The van der Waals surface area contributed by atoms with Gasteiger partial charge in [0, 0.05) is 17.3 Å². The van der Waals surface area contributed by atoms with Crippen LogP contribution < -0.4 is 5.32 Å². The molecule has 0 unspecified atom stereocenters. The zero-order chi connectivity index (χ0) is 18.1. The normalized spacial score (nSPS) is 11.7. The highest BCUT2D eigenvalue weighted by Gasteiger charge is 2.19. The lowest BCUT2D eigenvalue weighted by molar-refractivity contribution is 0.629. The smallest absolute Gasteiger partial charge is 0.139 e. The molecule has 0 bridgehead atoms. The number of benzene rings is 2. The van der Waals surface area contributed by atoms with Gasteiger partial charge in [-0.15, -0.1) is 0 Å². The van der Waals surface area contributed by atoms with Gasteiger partial charge in [0.05, 0.1) is 0 Å². The van der Waals surface area contributed by atoms with Gasteiger partial charge in [0.1, 0.15) is 17.2 Å². The van der Waals surface area contributed by atoms with Crippen LogP contribution in [0.25, 0.3) is 28.0 Å². The number of pyridine rings is 1. The van der Waals surface area contributed by atoms with Gasteiger partial charge in [-0.25, -0.2) is 4.98 Å². The maximum Gasteiger partial charge on any atom is 0.139 e. The Kier molecular flexibility index (Phi) is 4.00. The van der Waals surface area contributed by atoms with Crippen molar-refractivity contribution in [3.63, 3.8) is 0 Å². The largest absolute Gasteiger partial charge is 0.365 e. The first-order valence-electron chi connectivity index (χ1n) is 8.92. The number of rotatable bonds is 3. The topological polar surface area (TPSA) is 29.3 Å². The summed E-state index contributed by atoms with van der Waals surface area (Å²) in [5.74, 6) is 1.03. The lowest BCUT2D eigenvalue weighted by Crippen LogP contribution is -2.27. The molecule has 0 saturated heterocycles. The van der Waals surface area contributed by atoms with Crippen LogP contribution in [0.5, 0.6) is 0 Å². The van der Waals surface area contributed by atoms with E-state index in [1.54, 1.807) is 0 Å². The number of fused-ring (bicyclic) bond motifs is 1. The molecule has 0 saturated carbocycles. The Balaban J connectivity index is 1.80. The Morgan fingerprint density at radius 1 is 0.731 bits per heavy atom. The highest BCUT2D eigenvalue weighted by molar-refractivity contribution is 5.78. The number of imidazole rings is 1. The van der Waals surface area contributed by atoms with Gasteiger partial charge in [-0.2, -0.15) is 0 Å². The molecule has 0 amide bonds. The van der Waals surface area contributed by atoms with Crippen molar-refractivity contribution in [2.45, 2.75) is 26.3 Å². The van der Waals surface area contributed by atoms with Crippen LogP contribution >= 0.6 is 0 Å². The van der Waals surface area contributed by atoms with Gasteiger partial charge in [0.2, 0.25) is 0 Å². The fourth-order valence-electron chi connectivity index (χ4n) is 3.12. The Hall–Kier alpha value is -3.07. The maximum atomic E-state index is 4.87. The van der Waals surface area contributed by atoms with Gasteiger partial charge in [-0.05, 0) is 44.0 Å². The fraction of sp³-hybridized carbons (Fsp3) is 0.174. The zero-order valence-electron chi connectivity index (χ0n) is 15.4. The van der Waals surface area contributed by atoms with Crippen LogP contribution in [0.15, 0.2) is 79.0 Å². The third-order valence-corrected chi connectivity index (χ3v) is 4.29. The molecular weight excluding hydrogens is 318 g/mol. The van der Waals surface area contributed by atoms with E-state index in [0.29, 0.717) is 0 Å². The van der Waals surface area contributed by atoms with Crippen molar-refractivity contribution in [1.29, 1.82) is 0 Å². The molecule has 26 heavy (non-hydrogen) atoms. The summed E-state index contributed by atoms with van der Waals surface area (Å²) in [6.07, 6.45) is 2.05. The van der Waals surface area contributed by atoms with Crippen LogP contribution in [0.3, 0.4) is 0 Å². The molecule has 4 aromatic rings. The second-order valence-corrected chi connectivity index (χ2v) is 7.56. The minimum absolute atomic E-state index is 0.0511. The summed E-state index contributed by atoms with van der Waals surface area (Å²) in [5.41, 5.74) is 5.42. The van der Waals surface area contributed by atoms with E-state index in [2.05, 4.69) is 85.2 Å².